The normalized spacial score (nSPS) is 19.9. The van der Waals surface area contributed by atoms with Crippen molar-refractivity contribution in [1.29, 1.82) is 0 Å². The molecule has 0 radical (unpaired) electrons. The first-order valence-corrected chi connectivity index (χ1v) is 11.6. The smallest absolute Gasteiger partial charge is 0.407 e. The van der Waals surface area contributed by atoms with Crippen molar-refractivity contribution in [3.8, 4) is 11.1 Å². The number of hydrogen-bond donors (Lipinski definition) is 3. The Morgan fingerprint density at radius 2 is 1.65 bits per heavy atom. The van der Waals surface area contributed by atoms with Crippen molar-refractivity contribution in [3.05, 3.63) is 59.7 Å². The molecule has 2 aliphatic rings. The molecule has 34 heavy (non-hydrogen) atoms. The van der Waals surface area contributed by atoms with Gasteiger partial charge in [0.1, 0.15) is 12.6 Å². The van der Waals surface area contributed by atoms with Crippen LogP contribution < -0.4 is 10.6 Å². The van der Waals surface area contributed by atoms with Crippen LogP contribution in [-0.4, -0.2) is 67.3 Å². The lowest BCUT2D eigenvalue weighted by molar-refractivity contribution is -0.142. The summed E-state index contributed by atoms with van der Waals surface area (Å²) in [6.07, 6.45) is 1.20. The second-order valence-electron chi connectivity index (χ2n) is 9.34. The number of likely N-dealkylation sites (N-methyl/N-ethyl adjacent to an activating group) is 1. The fourth-order valence-corrected chi connectivity index (χ4v) is 5.00. The first-order chi connectivity index (χ1) is 16.3. The largest absolute Gasteiger partial charge is 0.480 e. The van der Waals surface area contributed by atoms with Gasteiger partial charge in [-0.25, -0.2) is 9.59 Å². The number of hydrogen-bond acceptors (Lipinski definition) is 5. The number of carboxylic acid groups (broad SMARTS) is 1. The number of aliphatic carboxylic acids is 1. The van der Waals surface area contributed by atoms with Crippen LogP contribution >= 0.6 is 0 Å². The minimum absolute atomic E-state index is 0.00935. The van der Waals surface area contributed by atoms with Crippen LogP contribution in [-0.2, 0) is 14.3 Å². The molecule has 0 saturated heterocycles. The Morgan fingerprint density at radius 1 is 1.03 bits per heavy atom. The lowest BCUT2D eigenvalue weighted by Crippen LogP contribution is -2.48. The zero-order chi connectivity index (χ0) is 24.2. The molecule has 2 aromatic rings. The number of nitrogens with zero attached hydrogens (tertiary/aromatic N) is 1. The second kappa shape index (κ2) is 10.3. The number of rotatable bonds is 8. The summed E-state index contributed by atoms with van der Waals surface area (Å²) in [4.78, 5) is 38.2. The highest BCUT2D eigenvalue weighted by Gasteiger charge is 2.34. The average molecular weight is 466 g/mol. The monoisotopic (exact) mass is 465 g/mol. The fraction of sp³-hybridized carbons (Fsp3) is 0.423. The summed E-state index contributed by atoms with van der Waals surface area (Å²) in [6, 6.07) is 15.2. The van der Waals surface area contributed by atoms with E-state index in [1.165, 1.54) is 11.1 Å². The summed E-state index contributed by atoms with van der Waals surface area (Å²) >= 11 is 0. The molecule has 1 saturated carbocycles. The van der Waals surface area contributed by atoms with Crippen LogP contribution in [0.2, 0.25) is 0 Å². The van der Waals surface area contributed by atoms with Crippen LogP contribution in [0.25, 0.3) is 11.1 Å². The van der Waals surface area contributed by atoms with Crippen LogP contribution in [0.4, 0.5) is 4.79 Å². The summed E-state index contributed by atoms with van der Waals surface area (Å²) in [5.41, 5.74) is 4.65. The molecule has 0 bridgehead atoms. The molecule has 180 valence electrons. The number of carbonyl (C=O) groups is 3. The highest BCUT2D eigenvalue weighted by atomic mass is 16.5. The maximum Gasteiger partial charge on any atom is 0.407 e. The maximum atomic E-state index is 12.6. The zero-order valence-corrected chi connectivity index (χ0v) is 19.5. The van der Waals surface area contributed by atoms with Crippen molar-refractivity contribution >= 4 is 18.0 Å². The Morgan fingerprint density at radius 3 is 2.24 bits per heavy atom. The minimum Gasteiger partial charge on any atom is -0.480 e. The van der Waals surface area contributed by atoms with Crippen molar-refractivity contribution in [3.63, 3.8) is 0 Å². The van der Waals surface area contributed by atoms with Crippen LogP contribution in [0.1, 0.15) is 36.3 Å². The van der Waals surface area contributed by atoms with E-state index in [2.05, 4.69) is 34.9 Å². The van der Waals surface area contributed by atoms with Crippen LogP contribution in [0.15, 0.2) is 48.5 Å². The molecule has 3 N–H and O–H groups in total. The fourth-order valence-electron chi connectivity index (χ4n) is 5.00. The van der Waals surface area contributed by atoms with Gasteiger partial charge < -0.3 is 25.4 Å². The van der Waals surface area contributed by atoms with E-state index in [4.69, 9.17) is 4.74 Å². The third-order valence-corrected chi connectivity index (χ3v) is 6.63. The third kappa shape index (κ3) is 5.22. The first-order valence-electron chi connectivity index (χ1n) is 11.6. The quantitative estimate of drug-likeness (QED) is 0.553. The molecule has 0 aromatic heterocycles. The van der Waals surface area contributed by atoms with Gasteiger partial charge >= 0.3 is 12.1 Å². The van der Waals surface area contributed by atoms with E-state index in [1.807, 2.05) is 24.3 Å². The maximum absolute atomic E-state index is 12.6. The van der Waals surface area contributed by atoms with E-state index in [-0.39, 0.29) is 36.9 Å². The molecule has 1 fully saturated rings. The highest BCUT2D eigenvalue weighted by molar-refractivity contribution is 5.85. The topological polar surface area (TPSA) is 108 Å². The zero-order valence-electron chi connectivity index (χ0n) is 19.5. The van der Waals surface area contributed by atoms with E-state index in [1.54, 1.807) is 19.0 Å². The highest BCUT2D eigenvalue weighted by Crippen LogP contribution is 2.44. The minimum atomic E-state index is -1.06. The molecule has 4 rings (SSSR count). The van der Waals surface area contributed by atoms with Gasteiger partial charge in [0.25, 0.3) is 0 Å². The van der Waals surface area contributed by atoms with Crippen molar-refractivity contribution in [2.45, 2.75) is 37.3 Å². The summed E-state index contributed by atoms with van der Waals surface area (Å²) in [6.45, 7) is 0.455. The predicted molar refractivity (Wildman–Crippen MR) is 127 cm³/mol. The standard InChI is InChI=1S/C26H31N3O5/c1-29(2)14-23(25(31)32)28-24(30)16-11-12-17(13-16)27-26(33)34-15-22-20-9-5-3-7-18(20)19-8-4-6-10-21(19)22/h3-10,16-17,22-23H,11-15H2,1-2H3,(H,27,33)(H,28,30)(H,31,32)/t16-,17+,23+/m1/s1. The molecule has 0 unspecified atom stereocenters. The van der Waals surface area contributed by atoms with Crippen molar-refractivity contribution in [2.75, 3.05) is 27.2 Å². The van der Waals surface area contributed by atoms with Crippen molar-refractivity contribution in [2.24, 2.45) is 5.92 Å². The summed E-state index contributed by atoms with van der Waals surface area (Å²) in [5, 5.41) is 14.8. The Bertz CT molecular complexity index is 1020. The molecule has 0 aliphatic heterocycles. The summed E-state index contributed by atoms with van der Waals surface area (Å²) in [5.74, 6) is -1.69. The molecule has 2 aliphatic carbocycles. The molecule has 2 amide bonds. The molecule has 8 nitrogen and oxygen atoms in total. The van der Waals surface area contributed by atoms with Gasteiger partial charge in [-0.05, 0) is 55.6 Å². The number of carboxylic acids is 1. The van der Waals surface area contributed by atoms with Crippen LogP contribution in [0.3, 0.4) is 0 Å². The Labute approximate surface area is 199 Å². The average Bonchev–Trinajstić information content (AvgIpc) is 3.39. The van der Waals surface area contributed by atoms with Gasteiger partial charge in [-0.15, -0.1) is 0 Å². The van der Waals surface area contributed by atoms with Gasteiger partial charge in [0.2, 0.25) is 5.91 Å². The predicted octanol–water partition coefficient (Wildman–Crippen LogP) is 2.82. The number of carbonyl (C=O) groups excluding carboxylic acids is 2. The van der Waals surface area contributed by atoms with Crippen LogP contribution in [0.5, 0.6) is 0 Å². The number of ether oxygens (including phenoxy) is 1. The van der Waals surface area contributed by atoms with Crippen LogP contribution in [0, 0.1) is 5.92 Å². The molecular weight excluding hydrogens is 434 g/mol. The van der Waals surface area contributed by atoms with Crippen molar-refractivity contribution in [1.82, 2.24) is 15.5 Å². The van der Waals surface area contributed by atoms with Gasteiger partial charge in [-0.1, -0.05) is 48.5 Å². The molecule has 8 heteroatoms. The first kappa shape index (κ1) is 23.8. The molecule has 3 atom stereocenters. The van der Waals surface area contributed by atoms with E-state index in [0.29, 0.717) is 19.3 Å². The van der Waals surface area contributed by atoms with E-state index < -0.39 is 18.1 Å². The lowest BCUT2D eigenvalue weighted by Gasteiger charge is -2.20. The molecular formula is C26H31N3O5. The molecule has 2 aromatic carbocycles. The third-order valence-electron chi connectivity index (χ3n) is 6.63. The SMILES string of the molecule is CN(C)C[C@H](NC(=O)[C@@H]1CC[C@H](NC(=O)OCC2c3ccccc3-c3ccccc32)C1)C(=O)O. The number of nitrogens with one attached hydrogen (secondary N) is 2. The Hall–Kier alpha value is -3.39. The Kier molecular flexibility index (Phi) is 7.17. The van der Waals surface area contributed by atoms with E-state index >= 15 is 0 Å². The molecule has 0 heterocycles. The summed E-state index contributed by atoms with van der Waals surface area (Å²) in [7, 11) is 3.51. The van der Waals surface area contributed by atoms with E-state index in [9.17, 15) is 19.5 Å². The van der Waals surface area contributed by atoms with Gasteiger partial charge in [0, 0.05) is 24.4 Å². The van der Waals surface area contributed by atoms with Gasteiger partial charge in [0.15, 0.2) is 0 Å². The number of amides is 2. The van der Waals surface area contributed by atoms with E-state index in [0.717, 1.165) is 11.1 Å². The number of benzene rings is 2. The number of fused-ring (bicyclic) bond motifs is 3. The summed E-state index contributed by atoms with van der Waals surface area (Å²) < 4.78 is 5.60. The van der Waals surface area contributed by atoms with Gasteiger partial charge in [-0.2, -0.15) is 0 Å². The van der Waals surface area contributed by atoms with Crippen molar-refractivity contribution < 1.29 is 24.2 Å². The Balaban J connectivity index is 1.29. The molecule has 0 spiro atoms. The number of alkyl carbamates (subject to hydrolysis) is 1. The second-order valence-corrected chi connectivity index (χ2v) is 9.34. The van der Waals surface area contributed by atoms with Gasteiger partial charge in [-0.3, -0.25) is 4.79 Å². The van der Waals surface area contributed by atoms with Gasteiger partial charge in [0.05, 0.1) is 0 Å². The lowest BCUT2D eigenvalue weighted by atomic mass is 9.98.